The maximum Gasteiger partial charge on any atom is 0.328 e. The van der Waals surface area contributed by atoms with Gasteiger partial charge in [-0.3, -0.25) is 0 Å². The molecule has 0 aliphatic carbocycles. The molecule has 0 aromatic heterocycles. The molecule has 0 saturated heterocycles. The van der Waals surface area contributed by atoms with Crippen LogP contribution in [0.15, 0.2) is 24.3 Å². The van der Waals surface area contributed by atoms with E-state index in [1.165, 1.54) is 6.08 Å². The molecule has 0 aliphatic heterocycles. The van der Waals surface area contributed by atoms with Gasteiger partial charge in [0, 0.05) is 16.1 Å². The van der Waals surface area contributed by atoms with E-state index in [-0.39, 0.29) is 0 Å². The average molecular weight is 259 g/mol. The number of rotatable bonds is 4. The lowest BCUT2D eigenvalue weighted by molar-refractivity contribution is -0.131. The second kappa shape index (κ2) is 5.92. The molecule has 1 aromatic rings. The second-order valence-corrected chi connectivity index (χ2v) is 4.23. The summed E-state index contributed by atoms with van der Waals surface area (Å²) in [7, 11) is 0. The molecule has 86 valence electrons. The monoisotopic (exact) mass is 258 g/mol. The normalized spacial score (nSPS) is 11.6. The summed E-state index contributed by atoms with van der Waals surface area (Å²) in [6, 6.07) is 5.06. The molecule has 4 heteroatoms. The lowest BCUT2D eigenvalue weighted by Crippen LogP contribution is -1.93. The van der Waals surface area contributed by atoms with E-state index in [2.05, 4.69) is 0 Å². The van der Waals surface area contributed by atoms with E-state index in [4.69, 9.17) is 28.3 Å². The Bertz CT molecular complexity index is 425. The van der Waals surface area contributed by atoms with Gasteiger partial charge >= 0.3 is 5.97 Å². The molecule has 0 aliphatic rings. The molecule has 16 heavy (non-hydrogen) atoms. The molecule has 0 radical (unpaired) electrons. The van der Waals surface area contributed by atoms with Crippen LogP contribution in [0.25, 0.3) is 5.57 Å². The van der Waals surface area contributed by atoms with Crippen molar-refractivity contribution in [1.82, 2.24) is 0 Å². The van der Waals surface area contributed by atoms with Crippen molar-refractivity contribution < 1.29 is 9.90 Å². The highest BCUT2D eigenvalue weighted by molar-refractivity contribution is 6.35. The molecule has 0 atom stereocenters. The Morgan fingerprint density at radius 2 is 2.12 bits per heavy atom. The van der Waals surface area contributed by atoms with Crippen LogP contribution in [0.3, 0.4) is 0 Å². The number of hydrogen-bond donors (Lipinski definition) is 1. The van der Waals surface area contributed by atoms with Crippen LogP contribution in [0, 0.1) is 0 Å². The lowest BCUT2D eigenvalue weighted by Gasteiger charge is -2.08. The van der Waals surface area contributed by atoms with Gasteiger partial charge in [0.2, 0.25) is 0 Å². The minimum atomic E-state index is -0.963. The third-order valence-corrected chi connectivity index (χ3v) is 2.64. The molecule has 1 aromatic carbocycles. The maximum absolute atomic E-state index is 10.7. The number of aliphatic carboxylic acids is 1. The minimum absolute atomic E-state index is 0.480. The van der Waals surface area contributed by atoms with E-state index in [9.17, 15) is 4.79 Å². The van der Waals surface area contributed by atoms with Gasteiger partial charge in [-0.15, -0.1) is 0 Å². The van der Waals surface area contributed by atoms with Gasteiger partial charge in [-0.1, -0.05) is 42.6 Å². The number of carboxylic acid groups (broad SMARTS) is 1. The fraction of sp³-hybridized carbons (Fsp3) is 0.250. The van der Waals surface area contributed by atoms with Gasteiger partial charge in [-0.05, 0) is 29.7 Å². The highest BCUT2D eigenvalue weighted by atomic mass is 35.5. The first-order valence-corrected chi connectivity index (χ1v) is 5.69. The summed E-state index contributed by atoms with van der Waals surface area (Å²) in [4.78, 5) is 10.7. The topological polar surface area (TPSA) is 37.3 Å². The van der Waals surface area contributed by atoms with Crippen molar-refractivity contribution in [3.8, 4) is 0 Å². The Balaban J connectivity index is 3.16. The molecule has 0 spiro atoms. The van der Waals surface area contributed by atoms with Crippen molar-refractivity contribution in [2.24, 2.45) is 0 Å². The van der Waals surface area contributed by atoms with E-state index in [1.54, 1.807) is 18.2 Å². The Kier molecular flexibility index (Phi) is 4.84. The molecular formula is C12H12Cl2O2. The van der Waals surface area contributed by atoms with E-state index in [0.717, 1.165) is 17.6 Å². The zero-order valence-corrected chi connectivity index (χ0v) is 10.3. The van der Waals surface area contributed by atoms with Crippen LogP contribution in [0.5, 0.6) is 0 Å². The standard InChI is InChI=1S/C12H12Cl2O2/c1-2-3-8(6-12(15)16)10-5-4-9(13)7-11(10)14/h4-7H,2-3H2,1H3,(H,15,16)/b8-6+. The first-order valence-electron chi connectivity index (χ1n) is 4.93. The molecule has 0 saturated carbocycles. The summed E-state index contributed by atoms with van der Waals surface area (Å²) in [5.41, 5.74) is 1.45. The molecule has 1 rings (SSSR count). The smallest absolute Gasteiger partial charge is 0.328 e. The fourth-order valence-electron chi connectivity index (χ4n) is 1.45. The molecule has 2 nitrogen and oxygen atoms in total. The number of hydrogen-bond acceptors (Lipinski definition) is 1. The van der Waals surface area contributed by atoms with Crippen LogP contribution in [0.4, 0.5) is 0 Å². The van der Waals surface area contributed by atoms with Gasteiger partial charge < -0.3 is 5.11 Å². The number of halogens is 2. The van der Waals surface area contributed by atoms with Gasteiger partial charge in [0.25, 0.3) is 0 Å². The number of benzene rings is 1. The van der Waals surface area contributed by atoms with Crippen molar-refractivity contribution in [2.75, 3.05) is 0 Å². The highest BCUT2D eigenvalue weighted by Gasteiger charge is 2.08. The van der Waals surface area contributed by atoms with Gasteiger partial charge in [0.1, 0.15) is 0 Å². The first-order chi connectivity index (χ1) is 7.54. The summed E-state index contributed by atoms with van der Waals surface area (Å²) < 4.78 is 0. The van der Waals surface area contributed by atoms with Crippen molar-refractivity contribution >= 4 is 34.7 Å². The van der Waals surface area contributed by atoms with Crippen molar-refractivity contribution in [2.45, 2.75) is 19.8 Å². The summed E-state index contributed by atoms with van der Waals surface area (Å²) in [6.07, 6.45) is 2.73. The maximum atomic E-state index is 10.7. The molecular weight excluding hydrogens is 247 g/mol. The molecule has 0 unspecified atom stereocenters. The minimum Gasteiger partial charge on any atom is -0.478 e. The zero-order chi connectivity index (χ0) is 12.1. The quantitative estimate of drug-likeness (QED) is 0.820. The van der Waals surface area contributed by atoms with Gasteiger partial charge in [-0.25, -0.2) is 4.79 Å². The van der Waals surface area contributed by atoms with Crippen LogP contribution in [-0.2, 0) is 4.79 Å². The summed E-state index contributed by atoms with van der Waals surface area (Å²) >= 11 is 11.8. The van der Waals surface area contributed by atoms with Crippen molar-refractivity contribution in [3.63, 3.8) is 0 Å². The third-order valence-electron chi connectivity index (χ3n) is 2.09. The van der Waals surface area contributed by atoms with Gasteiger partial charge in [0.15, 0.2) is 0 Å². The first kappa shape index (κ1) is 13.1. The van der Waals surface area contributed by atoms with Crippen LogP contribution in [0.2, 0.25) is 10.0 Å². The van der Waals surface area contributed by atoms with E-state index < -0.39 is 5.97 Å². The largest absolute Gasteiger partial charge is 0.478 e. The molecule has 0 heterocycles. The van der Waals surface area contributed by atoms with Gasteiger partial charge in [-0.2, -0.15) is 0 Å². The van der Waals surface area contributed by atoms with E-state index in [0.29, 0.717) is 16.5 Å². The predicted octanol–water partition coefficient (Wildman–Crippen LogP) is 4.26. The number of carbonyl (C=O) groups is 1. The summed E-state index contributed by atoms with van der Waals surface area (Å²) in [5, 5.41) is 9.79. The molecule has 0 fully saturated rings. The molecule has 1 N–H and O–H groups in total. The van der Waals surface area contributed by atoms with Crippen LogP contribution in [-0.4, -0.2) is 11.1 Å². The lowest BCUT2D eigenvalue weighted by atomic mass is 10.0. The zero-order valence-electron chi connectivity index (χ0n) is 8.84. The second-order valence-electron chi connectivity index (χ2n) is 3.38. The van der Waals surface area contributed by atoms with Crippen LogP contribution < -0.4 is 0 Å². The number of carboxylic acids is 1. The third kappa shape index (κ3) is 3.54. The summed E-state index contributed by atoms with van der Waals surface area (Å²) in [6.45, 7) is 1.99. The average Bonchev–Trinajstić information content (AvgIpc) is 2.16. The van der Waals surface area contributed by atoms with Crippen LogP contribution in [0.1, 0.15) is 25.3 Å². The predicted molar refractivity (Wildman–Crippen MR) is 67.0 cm³/mol. The Hall–Kier alpha value is -0.990. The van der Waals surface area contributed by atoms with Crippen molar-refractivity contribution in [3.05, 3.63) is 39.9 Å². The summed E-state index contributed by atoms with van der Waals surface area (Å²) in [5.74, 6) is -0.963. The SMILES string of the molecule is CCC/C(=C\C(=O)O)c1ccc(Cl)cc1Cl. The van der Waals surface area contributed by atoms with Crippen molar-refractivity contribution in [1.29, 1.82) is 0 Å². The molecule has 0 amide bonds. The van der Waals surface area contributed by atoms with E-state index >= 15 is 0 Å². The highest BCUT2D eigenvalue weighted by Crippen LogP contribution is 2.29. The van der Waals surface area contributed by atoms with E-state index in [1.807, 2.05) is 6.92 Å². The molecule has 0 bridgehead atoms. The Labute approximate surface area is 104 Å². The number of allylic oxidation sites excluding steroid dienone is 1. The fourth-order valence-corrected chi connectivity index (χ4v) is 1.98. The Morgan fingerprint density at radius 3 is 2.62 bits per heavy atom. The van der Waals surface area contributed by atoms with Gasteiger partial charge in [0.05, 0.1) is 0 Å². The van der Waals surface area contributed by atoms with Crippen LogP contribution >= 0.6 is 23.2 Å². The Morgan fingerprint density at radius 1 is 1.44 bits per heavy atom.